The Morgan fingerprint density at radius 3 is 2.58 bits per heavy atom. The number of pyridine rings is 1. The zero-order valence-electron chi connectivity index (χ0n) is 14.7. The van der Waals surface area contributed by atoms with Gasteiger partial charge in [-0.3, -0.25) is 16.4 Å². The van der Waals surface area contributed by atoms with E-state index in [9.17, 15) is 9.36 Å². The Morgan fingerprint density at radius 1 is 1.27 bits per heavy atom. The molecule has 0 radical (unpaired) electrons. The van der Waals surface area contributed by atoms with E-state index in [0.717, 1.165) is 11.3 Å². The van der Waals surface area contributed by atoms with Crippen molar-refractivity contribution in [3.63, 3.8) is 0 Å². The Balaban J connectivity index is 0.00000338. The Hall–Kier alpha value is -1.77. The molecule has 1 amide bonds. The predicted molar refractivity (Wildman–Crippen MR) is 98.6 cm³/mol. The number of nitrogens with one attached hydrogen (secondary N) is 1. The van der Waals surface area contributed by atoms with Crippen LogP contribution in [0.5, 0.6) is 0 Å². The molecule has 0 aliphatic carbocycles. The third-order valence-electron chi connectivity index (χ3n) is 3.55. The van der Waals surface area contributed by atoms with Crippen molar-refractivity contribution in [3.8, 4) is 0 Å². The number of benzene rings is 1. The fourth-order valence-corrected chi connectivity index (χ4v) is 3.76. The molecule has 0 aliphatic rings. The minimum absolute atomic E-state index is 0. The smallest absolute Gasteiger partial charge is 0.274 e. The predicted octanol–water partition coefficient (Wildman–Crippen LogP) is 3.17. The van der Waals surface area contributed by atoms with E-state index >= 15 is 0 Å². The van der Waals surface area contributed by atoms with Gasteiger partial charge in [0.1, 0.15) is 7.11 Å². The van der Waals surface area contributed by atoms with E-state index in [-0.39, 0.29) is 39.2 Å². The number of amides is 1. The van der Waals surface area contributed by atoms with Crippen LogP contribution < -0.4 is 5.32 Å². The van der Waals surface area contributed by atoms with Crippen molar-refractivity contribution in [3.05, 3.63) is 72.1 Å². The van der Waals surface area contributed by atoms with E-state index in [1.54, 1.807) is 36.5 Å². The fourth-order valence-electron chi connectivity index (χ4n) is 2.26. The minimum atomic E-state index is -2.86. The topological polar surface area (TPSA) is 80.7 Å². The van der Waals surface area contributed by atoms with Gasteiger partial charge in [-0.25, -0.2) is 0 Å². The first kappa shape index (κ1) is 22.3. The van der Waals surface area contributed by atoms with Crippen LogP contribution in [0.2, 0.25) is 0 Å². The Kier molecular flexibility index (Phi) is 8.90. The second-order valence-electron chi connectivity index (χ2n) is 5.62. The Morgan fingerprint density at radius 2 is 1.96 bits per heavy atom. The molecule has 26 heavy (non-hydrogen) atoms. The molecule has 1 atom stereocenters. The van der Waals surface area contributed by atoms with Gasteiger partial charge in [-0.05, 0) is 25.7 Å². The largest absolute Gasteiger partial charge is 0.398 e. The Bertz CT molecular complexity index is 812. The van der Waals surface area contributed by atoms with Crippen molar-refractivity contribution in [1.29, 1.82) is 0 Å². The van der Waals surface area contributed by atoms with Gasteiger partial charge in [-0.2, -0.15) is 0 Å². The molecule has 0 saturated heterocycles. The molecule has 0 saturated carbocycles. The van der Waals surface area contributed by atoms with Gasteiger partial charge in [0.2, 0.25) is 0 Å². The first-order valence-electron chi connectivity index (χ1n) is 7.70. The van der Waals surface area contributed by atoms with Gasteiger partial charge in [-0.15, -0.1) is 0 Å². The summed E-state index contributed by atoms with van der Waals surface area (Å²) in [7, 11) is -1.49. The summed E-state index contributed by atoms with van der Waals surface area (Å²) in [5.41, 5.74) is 2.41. The quantitative estimate of drug-likeness (QED) is 0.253. The molecule has 0 aliphatic heterocycles. The van der Waals surface area contributed by atoms with Crippen LogP contribution >= 0.6 is 7.14 Å². The van der Waals surface area contributed by atoms with Gasteiger partial charge in [0.05, 0.1) is 0 Å². The summed E-state index contributed by atoms with van der Waals surface area (Å²) in [6, 6.07) is 12.6. The van der Waals surface area contributed by atoms with E-state index < -0.39 is 13.0 Å². The van der Waals surface area contributed by atoms with Crippen LogP contribution in [-0.4, -0.2) is 30.0 Å². The number of rotatable bonds is 7. The number of nitrogens with zero attached hydrogens (tertiary/aromatic N) is 2. The first-order valence-corrected chi connectivity index (χ1v) is 9.97. The average Bonchev–Trinajstić information content (AvgIpc) is 2.60. The van der Waals surface area contributed by atoms with Gasteiger partial charge >= 0.3 is 0 Å². The normalized spacial score (nSPS) is 13.3. The number of hydrogen-bond acceptors (Lipinski definition) is 5. The molecule has 0 bridgehead atoms. The van der Waals surface area contributed by atoms with Crippen LogP contribution in [-0.2, 0) is 41.4 Å². The second kappa shape index (κ2) is 10.4. The molecule has 8 heteroatoms. The van der Waals surface area contributed by atoms with Crippen LogP contribution in [0.25, 0.3) is 0 Å². The third-order valence-corrected chi connectivity index (χ3v) is 5.20. The van der Waals surface area contributed by atoms with Crippen molar-refractivity contribution in [2.45, 2.75) is 13.1 Å². The van der Waals surface area contributed by atoms with Crippen molar-refractivity contribution in [2.24, 2.45) is 5.16 Å². The van der Waals surface area contributed by atoms with Crippen LogP contribution in [0.15, 0.2) is 53.8 Å². The number of oxime groups is 1. The number of aryl methyl sites for hydroxylation is 1. The van der Waals surface area contributed by atoms with E-state index in [2.05, 4.69) is 22.1 Å². The molecule has 1 N–H and O–H groups in total. The number of carbonyl (C=O) groups excluding carboxylic acids is 1. The maximum atomic E-state index is 12.7. The first-order chi connectivity index (χ1) is 11.9. The SMILES string of the molecule is [CH2-]P(=O)(CNC(=O)/C(=N\OC)c1ccccc1)Cc1cccnc1C.[W]. The van der Waals surface area contributed by atoms with E-state index in [4.69, 9.17) is 4.84 Å². The summed E-state index contributed by atoms with van der Waals surface area (Å²) in [4.78, 5) is 21.4. The number of aromatic nitrogens is 1. The van der Waals surface area contributed by atoms with E-state index in [0.29, 0.717) is 5.56 Å². The standard InChI is InChI=1S/C18H21N3O3P.W/c1-14-16(10-7-11-19-14)12-25(3,23)13-20-18(22)17(21-24-2)15-8-5-4-6-9-15;/h4-11H,3,12-13H2,1-2H3,(H,20,22);/q-1;/b21-17-;. The maximum absolute atomic E-state index is 12.7. The number of hydrogen-bond donors (Lipinski definition) is 1. The summed E-state index contributed by atoms with van der Waals surface area (Å²) in [5, 5.41) is 6.43. The molecule has 6 nitrogen and oxygen atoms in total. The number of carbonyl (C=O) groups is 1. The third kappa shape index (κ3) is 6.51. The van der Waals surface area contributed by atoms with Gasteiger partial charge in [0, 0.05) is 51.0 Å². The van der Waals surface area contributed by atoms with Gasteiger partial charge < -0.3 is 14.7 Å². The summed E-state index contributed by atoms with van der Waals surface area (Å²) in [6.07, 6.45) is 1.92. The average molecular weight is 542 g/mol. The van der Waals surface area contributed by atoms with Gasteiger partial charge in [0.15, 0.2) is 5.71 Å². The molecule has 1 unspecified atom stereocenters. The van der Waals surface area contributed by atoms with Gasteiger partial charge in [0.25, 0.3) is 5.91 Å². The molecule has 138 valence electrons. The fraction of sp³-hybridized carbons (Fsp3) is 0.222. The molecule has 1 heterocycles. The van der Waals surface area contributed by atoms with Crippen LogP contribution in [0.1, 0.15) is 16.8 Å². The molecular weight excluding hydrogens is 521 g/mol. The molecule has 2 aromatic rings. The summed E-state index contributed by atoms with van der Waals surface area (Å²) in [5.74, 6) is -0.458. The minimum Gasteiger partial charge on any atom is -0.398 e. The Labute approximate surface area is 168 Å². The molecule has 1 aromatic carbocycles. The van der Waals surface area contributed by atoms with Crippen molar-refractivity contribution in [1.82, 2.24) is 10.3 Å². The van der Waals surface area contributed by atoms with Crippen LogP contribution in [0.3, 0.4) is 0 Å². The van der Waals surface area contributed by atoms with E-state index in [1.165, 1.54) is 7.11 Å². The molecule has 2 rings (SSSR count). The molecule has 0 fully saturated rings. The summed E-state index contributed by atoms with van der Waals surface area (Å²) < 4.78 is 12.7. The van der Waals surface area contributed by atoms with E-state index in [1.807, 2.05) is 19.1 Å². The second-order valence-corrected chi connectivity index (χ2v) is 8.37. The van der Waals surface area contributed by atoms with Gasteiger partial charge in [-0.1, -0.05) is 41.6 Å². The van der Waals surface area contributed by atoms with Crippen molar-refractivity contribution < 1.29 is 35.3 Å². The summed E-state index contributed by atoms with van der Waals surface area (Å²) in [6.45, 7) is 5.65. The summed E-state index contributed by atoms with van der Waals surface area (Å²) >= 11 is 0. The monoisotopic (exact) mass is 542 g/mol. The van der Waals surface area contributed by atoms with Crippen molar-refractivity contribution in [2.75, 3.05) is 13.4 Å². The molecule has 1 aromatic heterocycles. The maximum Gasteiger partial charge on any atom is 0.274 e. The van der Waals surface area contributed by atoms with Crippen LogP contribution in [0, 0.1) is 13.6 Å². The zero-order chi connectivity index (χ0) is 18.3. The van der Waals surface area contributed by atoms with Crippen LogP contribution in [0.4, 0.5) is 0 Å². The molecular formula is C18H21N3O3PW-. The molecule has 0 spiro atoms. The zero-order valence-corrected chi connectivity index (χ0v) is 18.5. The van der Waals surface area contributed by atoms with Crippen molar-refractivity contribution >= 4 is 18.8 Å².